The lowest BCUT2D eigenvalue weighted by Gasteiger charge is -2.35. The molecule has 0 bridgehead atoms. The molecule has 5 nitrogen and oxygen atoms in total. The highest BCUT2D eigenvalue weighted by Gasteiger charge is 2.18. The summed E-state index contributed by atoms with van der Waals surface area (Å²) in [6.45, 7) is 7.09. The SMILES string of the molecule is CCN1CCN(c2ccc(CNC(=NC)NCc3cc(F)ccc3F)cc2F)CC1. The molecule has 0 atom stereocenters. The molecular weight excluding hydrogens is 391 g/mol. The van der Waals surface area contributed by atoms with Gasteiger partial charge in [-0.15, -0.1) is 0 Å². The lowest BCUT2D eigenvalue weighted by atomic mass is 10.1. The highest BCUT2D eigenvalue weighted by Crippen LogP contribution is 2.22. The highest BCUT2D eigenvalue weighted by molar-refractivity contribution is 5.79. The Morgan fingerprint density at radius 3 is 2.33 bits per heavy atom. The Balaban J connectivity index is 1.54. The van der Waals surface area contributed by atoms with Gasteiger partial charge in [0.15, 0.2) is 5.96 Å². The van der Waals surface area contributed by atoms with Crippen molar-refractivity contribution >= 4 is 11.6 Å². The van der Waals surface area contributed by atoms with Crippen LogP contribution in [0, 0.1) is 17.5 Å². The molecule has 0 saturated carbocycles. The van der Waals surface area contributed by atoms with E-state index in [4.69, 9.17) is 0 Å². The van der Waals surface area contributed by atoms with Crippen molar-refractivity contribution in [3.05, 3.63) is 65.0 Å². The Labute approximate surface area is 175 Å². The molecule has 0 unspecified atom stereocenters. The molecule has 1 aliphatic heterocycles. The Morgan fingerprint density at radius 2 is 1.67 bits per heavy atom. The van der Waals surface area contributed by atoms with E-state index in [-0.39, 0.29) is 17.9 Å². The lowest BCUT2D eigenvalue weighted by molar-refractivity contribution is 0.270. The number of anilines is 1. The normalized spacial score (nSPS) is 15.4. The number of nitrogens with one attached hydrogen (secondary N) is 2. The summed E-state index contributed by atoms with van der Waals surface area (Å²) < 4.78 is 41.7. The van der Waals surface area contributed by atoms with Crippen LogP contribution in [0.5, 0.6) is 0 Å². The maximum absolute atomic E-state index is 14.7. The zero-order valence-electron chi connectivity index (χ0n) is 17.4. The van der Waals surface area contributed by atoms with Gasteiger partial charge in [0.25, 0.3) is 0 Å². The van der Waals surface area contributed by atoms with Crippen LogP contribution in [0.15, 0.2) is 41.4 Å². The van der Waals surface area contributed by atoms with Crippen molar-refractivity contribution in [1.82, 2.24) is 15.5 Å². The summed E-state index contributed by atoms with van der Waals surface area (Å²) in [5.41, 5.74) is 1.60. The van der Waals surface area contributed by atoms with E-state index in [0.717, 1.165) is 56.5 Å². The summed E-state index contributed by atoms with van der Waals surface area (Å²) in [5.74, 6) is -0.817. The van der Waals surface area contributed by atoms with E-state index >= 15 is 0 Å². The van der Waals surface area contributed by atoms with Crippen molar-refractivity contribution in [2.24, 2.45) is 4.99 Å². The van der Waals surface area contributed by atoms with Crippen LogP contribution in [-0.2, 0) is 13.1 Å². The minimum atomic E-state index is -0.497. The van der Waals surface area contributed by atoms with Crippen molar-refractivity contribution in [2.45, 2.75) is 20.0 Å². The molecule has 30 heavy (non-hydrogen) atoms. The minimum Gasteiger partial charge on any atom is -0.367 e. The molecule has 1 heterocycles. The molecule has 0 amide bonds. The molecule has 1 saturated heterocycles. The zero-order chi connectivity index (χ0) is 21.5. The second-order valence-corrected chi connectivity index (χ2v) is 7.22. The number of nitrogens with zero attached hydrogens (tertiary/aromatic N) is 3. The second-order valence-electron chi connectivity index (χ2n) is 7.22. The quantitative estimate of drug-likeness (QED) is 0.558. The van der Waals surface area contributed by atoms with Gasteiger partial charge in [-0.1, -0.05) is 13.0 Å². The molecule has 162 valence electrons. The second kappa shape index (κ2) is 10.3. The number of aliphatic imine (C=N–C) groups is 1. The van der Waals surface area contributed by atoms with E-state index in [1.54, 1.807) is 7.05 Å². The van der Waals surface area contributed by atoms with Gasteiger partial charge in [0.1, 0.15) is 17.5 Å². The van der Waals surface area contributed by atoms with Gasteiger partial charge in [0.2, 0.25) is 0 Å². The number of guanidine groups is 1. The topological polar surface area (TPSA) is 42.9 Å². The van der Waals surface area contributed by atoms with Crippen LogP contribution in [0.25, 0.3) is 0 Å². The highest BCUT2D eigenvalue weighted by atomic mass is 19.1. The van der Waals surface area contributed by atoms with Crippen LogP contribution in [0.2, 0.25) is 0 Å². The standard InChI is InChI=1S/C22H28F3N5/c1-3-29-8-10-30(11-9-29)21-7-4-16(12-20(21)25)14-27-22(26-2)28-15-17-13-18(23)5-6-19(17)24/h4-7,12-13H,3,8-11,14-15H2,1-2H3,(H2,26,27,28). The molecular formula is C22H28F3N5. The van der Waals surface area contributed by atoms with E-state index in [2.05, 4.69) is 32.3 Å². The summed E-state index contributed by atoms with van der Waals surface area (Å²) in [7, 11) is 1.58. The van der Waals surface area contributed by atoms with Gasteiger partial charge >= 0.3 is 0 Å². The molecule has 2 aromatic rings. The molecule has 3 rings (SSSR count). The molecule has 1 aliphatic rings. The van der Waals surface area contributed by atoms with Crippen molar-refractivity contribution in [3.8, 4) is 0 Å². The summed E-state index contributed by atoms with van der Waals surface area (Å²) in [5, 5.41) is 6.00. The average Bonchev–Trinajstić information content (AvgIpc) is 2.76. The van der Waals surface area contributed by atoms with Crippen LogP contribution in [-0.4, -0.2) is 50.6 Å². The van der Waals surface area contributed by atoms with Crippen LogP contribution < -0.4 is 15.5 Å². The van der Waals surface area contributed by atoms with Gasteiger partial charge in [0.05, 0.1) is 5.69 Å². The fourth-order valence-corrected chi connectivity index (χ4v) is 3.49. The lowest BCUT2D eigenvalue weighted by Crippen LogP contribution is -2.46. The van der Waals surface area contributed by atoms with E-state index < -0.39 is 11.6 Å². The third-order valence-corrected chi connectivity index (χ3v) is 5.31. The van der Waals surface area contributed by atoms with E-state index in [9.17, 15) is 13.2 Å². The Kier molecular flexibility index (Phi) is 7.57. The summed E-state index contributed by atoms with van der Waals surface area (Å²) in [6.07, 6.45) is 0. The van der Waals surface area contributed by atoms with E-state index in [1.165, 1.54) is 6.07 Å². The predicted molar refractivity (Wildman–Crippen MR) is 114 cm³/mol. The first kappa shape index (κ1) is 22.0. The maximum atomic E-state index is 14.7. The van der Waals surface area contributed by atoms with Gasteiger partial charge in [-0.05, 0) is 42.4 Å². The molecule has 8 heteroatoms. The van der Waals surface area contributed by atoms with Gasteiger partial charge in [0, 0.05) is 51.9 Å². The summed E-state index contributed by atoms with van der Waals surface area (Å²) in [4.78, 5) is 8.49. The first-order valence-corrected chi connectivity index (χ1v) is 10.1. The Morgan fingerprint density at radius 1 is 0.933 bits per heavy atom. The summed E-state index contributed by atoms with van der Waals surface area (Å²) >= 11 is 0. The van der Waals surface area contributed by atoms with Crippen molar-refractivity contribution in [2.75, 3.05) is 44.7 Å². The number of likely N-dealkylation sites (N-methyl/N-ethyl adjacent to an activating group) is 1. The fourth-order valence-electron chi connectivity index (χ4n) is 3.49. The van der Waals surface area contributed by atoms with Crippen LogP contribution in [0.4, 0.5) is 18.9 Å². The number of hydrogen-bond acceptors (Lipinski definition) is 3. The first-order chi connectivity index (χ1) is 14.5. The minimum absolute atomic E-state index is 0.0836. The van der Waals surface area contributed by atoms with Crippen LogP contribution >= 0.6 is 0 Å². The fraction of sp³-hybridized carbons (Fsp3) is 0.409. The molecule has 0 spiro atoms. The largest absolute Gasteiger partial charge is 0.367 e. The number of piperazine rings is 1. The van der Waals surface area contributed by atoms with Gasteiger partial charge in [-0.3, -0.25) is 4.99 Å². The number of rotatable bonds is 6. The Hall–Kier alpha value is -2.74. The number of hydrogen-bond donors (Lipinski definition) is 2. The molecule has 0 radical (unpaired) electrons. The average molecular weight is 419 g/mol. The third-order valence-electron chi connectivity index (χ3n) is 5.31. The van der Waals surface area contributed by atoms with Crippen LogP contribution in [0.3, 0.4) is 0 Å². The van der Waals surface area contributed by atoms with Gasteiger partial charge in [-0.25, -0.2) is 13.2 Å². The van der Waals surface area contributed by atoms with E-state index in [0.29, 0.717) is 18.2 Å². The predicted octanol–water partition coefficient (Wildman–Crippen LogP) is 3.11. The molecule has 1 fully saturated rings. The molecule has 2 N–H and O–H groups in total. The molecule has 0 aliphatic carbocycles. The Bertz CT molecular complexity index is 879. The third kappa shape index (κ3) is 5.66. The van der Waals surface area contributed by atoms with E-state index in [1.807, 2.05) is 12.1 Å². The smallest absolute Gasteiger partial charge is 0.191 e. The molecule has 0 aromatic heterocycles. The van der Waals surface area contributed by atoms with Crippen molar-refractivity contribution in [3.63, 3.8) is 0 Å². The summed E-state index contributed by atoms with van der Waals surface area (Å²) in [6, 6.07) is 8.53. The maximum Gasteiger partial charge on any atom is 0.191 e. The van der Waals surface area contributed by atoms with Gasteiger partial charge in [-0.2, -0.15) is 0 Å². The zero-order valence-corrected chi connectivity index (χ0v) is 17.4. The molecule has 2 aromatic carbocycles. The van der Waals surface area contributed by atoms with Crippen molar-refractivity contribution < 1.29 is 13.2 Å². The number of benzene rings is 2. The van der Waals surface area contributed by atoms with Gasteiger partial charge < -0.3 is 20.4 Å². The first-order valence-electron chi connectivity index (χ1n) is 10.1. The van der Waals surface area contributed by atoms with Crippen molar-refractivity contribution in [1.29, 1.82) is 0 Å². The monoisotopic (exact) mass is 419 g/mol. The number of halogens is 3. The van der Waals surface area contributed by atoms with Crippen LogP contribution in [0.1, 0.15) is 18.1 Å².